The van der Waals surface area contributed by atoms with E-state index in [0.29, 0.717) is 11.8 Å². The number of rotatable bonds is 1. The second-order valence-electron chi connectivity index (χ2n) is 6.11. The summed E-state index contributed by atoms with van der Waals surface area (Å²) < 4.78 is 0. The molecule has 2 atom stereocenters. The fraction of sp³-hybridized carbons (Fsp3) is 0.368. The lowest BCUT2D eigenvalue weighted by Crippen LogP contribution is -2.05. The first-order valence-corrected chi connectivity index (χ1v) is 7.27. The van der Waals surface area contributed by atoms with Gasteiger partial charge in [-0.15, -0.1) is 0 Å². The molecule has 98 valence electrons. The van der Waals surface area contributed by atoms with Gasteiger partial charge in [0.05, 0.1) is 0 Å². The van der Waals surface area contributed by atoms with Crippen LogP contribution < -0.4 is 0 Å². The summed E-state index contributed by atoms with van der Waals surface area (Å²) in [5.74, 6) is 1.26. The molecule has 0 heteroatoms. The molecule has 0 heterocycles. The highest BCUT2D eigenvalue weighted by Crippen LogP contribution is 2.47. The number of allylic oxidation sites excluding steroid dienone is 6. The summed E-state index contributed by atoms with van der Waals surface area (Å²) in [5, 5.41) is 0. The van der Waals surface area contributed by atoms with E-state index in [1.165, 1.54) is 34.3 Å². The third-order valence-corrected chi connectivity index (χ3v) is 4.61. The Balaban J connectivity index is 2.03. The molecule has 0 saturated heterocycles. The molecule has 0 bridgehead atoms. The molecular formula is C19H22. The summed E-state index contributed by atoms with van der Waals surface area (Å²) in [6.45, 7) is 9.12. The molecule has 0 radical (unpaired) electrons. The molecule has 0 aliphatic heterocycles. The second-order valence-corrected chi connectivity index (χ2v) is 6.11. The SMILES string of the molecule is CC1=C(c2ccc(C)cc2)C(C)C2=C1C=CC(C)C2. The maximum Gasteiger partial charge on any atom is 0.00379 e. The molecule has 0 N–H and O–H groups in total. The predicted octanol–water partition coefficient (Wildman–Crippen LogP) is 5.31. The summed E-state index contributed by atoms with van der Waals surface area (Å²) in [6, 6.07) is 8.99. The predicted molar refractivity (Wildman–Crippen MR) is 82.9 cm³/mol. The Morgan fingerprint density at radius 1 is 1.00 bits per heavy atom. The van der Waals surface area contributed by atoms with E-state index in [4.69, 9.17) is 0 Å². The third kappa shape index (κ3) is 2.00. The maximum atomic E-state index is 2.37. The average molecular weight is 250 g/mol. The molecule has 0 aromatic heterocycles. The van der Waals surface area contributed by atoms with Crippen molar-refractivity contribution in [2.45, 2.75) is 34.1 Å². The van der Waals surface area contributed by atoms with Crippen molar-refractivity contribution in [3.05, 3.63) is 64.3 Å². The Kier molecular flexibility index (Phi) is 2.97. The zero-order chi connectivity index (χ0) is 13.6. The van der Waals surface area contributed by atoms with Crippen LogP contribution in [0.5, 0.6) is 0 Å². The van der Waals surface area contributed by atoms with Gasteiger partial charge in [-0.05, 0) is 48.5 Å². The van der Waals surface area contributed by atoms with Crippen LogP contribution in [0.25, 0.3) is 5.57 Å². The van der Waals surface area contributed by atoms with Crippen LogP contribution in [-0.2, 0) is 0 Å². The van der Waals surface area contributed by atoms with Crippen LogP contribution in [0.3, 0.4) is 0 Å². The van der Waals surface area contributed by atoms with Crippen molar-refractivity contribution in [1.29, 1.82) is 0 Å². The molecule has 1 aromatic carbocycles. The van der Waals surface area contributed by atoms with Gasteiger partial charge in [-0.2, -0.15) is 0 Å². The molecule has 2 aliphatic carbocycles. The summed E-state index contributed by atoms with van der Waals surface area (Å²) in [5.41, 5.74) is 8.88. The Bertz CT molecular complexity index is 593. The molecule has 3 rings (SSSR count). The lowest BCUT2D eigenvalue weighted by molar-refractivity contribution is 0.658. The van der Waals surface area contributed by atoms with E-state index in [9.17, 15) is 0 Å². The second kappa shape index (κ2) is 4.52. The van der Waals surface area contributed by atoms with Gasteiger partial charge >= 0.3 is 0 Å². The van der Waals surface area contributed by atoms with Crippen LogP contribution in [0.15, 0.2) is 53.1 Å². The van der Waals surface area contributed by atoms with Crippen LogP contribution in [0, 0.1) is 18.8 Å². The van der Waals surface area contributed by atoms with Crippen molar-refractivity contribution < 1.29 is 0 Å². The highest BCUT2D eigenvalue weighted by atomic mass is 14.3. The Morgan fingerprint density at radius 3 is 2.37 bits per heavy atom. The monoisotopic (exact) mass is 250 g/mol. The van der Waals surface area contributed by atoms with E-state index in [-0.39, 0.29) is 0 Å². The summed E-state index contributed by atoms with van der Waals surface area (Å²) >= 11 is 0. The van der Waals surface area contributed by atoms with Crippen LogP contribution >= 0.6 is 0 Å². The molecule has 1 aromatic rings. The largest absolute Gasteiger partial charge is 0.0808 e. The lowest BCUT2D eigenvalue weighted by atomic mass is 9.85. The van der Waals surface area contributed by atoms with E-state index in [2.05, 4.69) is 64.1 Å². The highest BCUT2D eigenvalue weighted by molar-refractivity contribution is 5.81. The molecule has 2 unspecified atom stereocenters. The van der Waals surface area contributed by atoms with Crippen LogP contribution in [0.2, 0.25) is 0 Å². The normalized spacial score (nSPS) is 26.1. The van der Waals surface area contributed by atoms with Crippen LogP contribution in [0.1, 0.15) is 38.3 Å². The van der Waals surface area contributed by atoms with E-state index in [1.54, 1.807) is 5.57 Å². The minimum atomic E-state index is 0.574. The van der Waals surface area contributed by atoms with Gasteiger partial charge < -0.3 is 0 Å². The molecule has 0 spiro atoms. The van der Waals surface area contributed by atoms with Gasteiger partial charge in [0.2, 0.25) is 0 Å². The van der Waals surface area contributed by atoms with Gasteiger partial charge in [0, 0.05) is 5.92 Å². The van der Waals surface area contributed by atoms with Crippen molar-refractivity contribution in [3.8, 4) is 0 Å². The fourth-order valence-electron chi connectivity index (χ4n) is 3.51. The molecule has 0 saturated carbocycles. The van der Waals surface area contributed by atoms with E-state index in [0.717, 1.165) is 0 Å². The van der Waals surface area contributed by atoms with Crippen molar-refractivity contribution in [2.75, 3.05) is 0 Å². The van der Waals surface area contributed by atoms with Crippen molar-refractivity contribution >= 4 is 5.57 Å². The van der Waals surface area contributed by atoms with Gasteiger partial charge in [0.25, 0.3) is 0 Å². The molecular weight excluding hydrogens is 228 g/mol. The van der Waals surface area contributed by atoms with Crippen LogP contribution in [0.4, 0.5) is 0 Å². The minimum Gasteiger partial charge on any atom is -0.0808 e. The van der Waals surface area contributed by atoms with Gasteiger partial charge in [-0.3, -0.25) is 0 Å². The smallest absolute Gasteiger partial charge is 0.00379 e. The van der Waals surface area contributed by atoms with Gasteiger partial charge in [0.15, 0.2) is 0 Å². The zero-order valence-electron chi connectivity index (χ0n) is 12.3. The molecule has 0 nitrogen and oxygen atoms in total. The zero-order valence-corrected chi connectivity index (χ0v) is 12.3. The van der Waals surface area contributed by atoms with Gasteiger partial charge in [-0.25, -0.2) is 0 Å². The summed E-state index contributed by atoms with van der Waals surface area (Å²) in [7, 11) is 0. The Morgan fingerprint density at radius 2 is 1.68 bits per heavy atom. The lowest BCUT2D eigenvalue weighted by Gasteiger charge is -2.20. The van der Waals surface area contributed by atoms with Crippen LogP contribution in [-0.4, -0.2) is 0 Å². The first-order chi connectivity index (χ1) is 9.08. The Hall–Kier alpha value is -1.56. The Labute approximate surface area is 116 Å². The minimum absolute atomic E-state index is 0.574. The van der Waals surface area contributed by atoms with Crippen molar-refractivity contribution in [1.82, 2.24) is 0 Å². The molecule has 2 aliphatic rings. The third-order valence-electron chi connectivity index (χ3n) is 4.61. The van der Waals surface area contributed by atoms with Crippen molar-refractivity contribution in [2.24, 2.45) is 11.8 Å². The number of hydrogen-bond acceptors (Lipinski definition) is 0. The average Bonchev–Trinajstić information content (AvgIpc) is 2.63. The highest BCUT2D eigenvalue weighted by Gasteiger charge is 2.30. The molecule has 0 amide bonds. The summed E-state index contributed by atoms with van der Waals surface area (Å²) in [6.07, 6.45) is 5.92. The van der Waals surface area contributed by atoms with Gasteiger partial charge in [0.1, 0.15) is 0 Å². The quantitative estimate of drug-likeness (QED) is 0.633. The molecule has 0 fully saturated rings. The van der Waals surface area contributed by atoms with E-state index >= 15 is 0 Å². The van der Waals surface area contributed by atoms with Crippen molar-refractivity contribution in [3.63, 3.8) is 0 Å². The summed E-state index contributed by atoms with van der Waals surface area (Å²) in [4.78, 5) is 0. The first kappa shape index (κ1) is 12.5. The fourth-order valence-corrected chi connectivity index (χ4v) is 3.51. The first-order valence-electron chi connectivity index (χ1n) is 7.27. The number of benzene rings is 1. The molecule has 19 heavy (non-hydrogen) atoms. The van der Waals surface area contributed by atoms with E-state index < -0.39 is 0 Å². The van der Waals surface area contributed by atoms with E-state index in [1.807, 2.05) is 0 Å². The van der Waals surface area contributed by atoms with Gasteiger partial charge in [-0.1, -0.05) is 61.4 Å². The standard InChI is InChI=1S/C19H22/c1-12-5-8-16(9-6-12)19-14(3)17-10-7-13(2)11-18(17)15(19)4/h5-10,13,15H,11H2,1-4H3. The number of aryl methyl sites for hydroxylation is 1. The maximum absolute atomic E-state index is 2.37. The topological polar surface area (TPSA) is 0 Å². The number of hydrogen-bond donors (Lipinski definition) is 0.